The molecule has 1 N–H and O–H groups in total. The van der Waals surface area contributed by atoms with Crippen LogP contribution in [0, 0.1) is 5.82 Å². The molecule has 0 spiro atoms. The molecule has 3 atom stereocenters. The van der Waals surface area contributed by atoms with Crippen LogP contribution in [0.25, 0.3) is 0 Å². The van der Waals surface area contributed by atoms with Crippen LogP contribution in [0.15, 0.2) is 77.2 Å². The van der Waals surface area contributed by atoms with Crippen LogP contribution in [0.1, 0.15) is 24.5 Å². The van der Waals surface area contributed by atoms with Crippen LogP contribution in [0.5, 0.6) is 0 Å². The fourth-order valence-electron chi connectivity index (χ4n) is 4.13. The van der Waals surface area contributed by atoms with Gasteiger partial charge in [0.1, 0.15) is 5.82 Å². The van der Waals surface area contributed by atoms with Crippen molar-refractivity contribution in [1.29, 1.82) is 0 Å². The molecule has 0 saturated carbocycles. The number of ketones is 1. The van der Waals surface area contributed by atoms with Crippen molar-refractivity contribution in [3.05, 3.63) is 94.2 Å². The van der Waals surface area contributed by atoms with Crippen LogP contribution in [-0.2, 0) is 37.1 Å². The number of allylic oxidation sites excluding steroid dienone is 2. The average molecular weight is 454 g/mol. The summed E-state index contributed by atoms with van der Waals surface area (Å²) in [6, 6.07) is 15.0. The van der Waals surface area contributed by atoms with Crippen LogP contribution in [0.2, 0.25) is 0 Å². The van der Waals surface area contributed by atoms with Gasteiger partial charge in [-0.25, -0.2) is 4.39 Å². The lowest BCUT2D eigenvalue weighted by molar-refractivity contribution is -0.151. The Morgan fingerprint density at radius 1 is 1.19 bits per heavy atom. The van der Waals surface area contributed by atoms with E-state index < -0.39 is 28.2 Å². The Labute approximate surface area is 188 Å². The summed E-state index contributed by atoms with van der Waals surface area (Å²) in [5, 5.41) is 3.26. The first-order valence-electron chi connectivity index (χ1n) is 10.5. The van der Waals surface area contributed by atoms with Crippen LogP contribution in [-0.4, -0.2) is 34.3 Å². The Morgan fingerprint density at radius 2 is 1.88 bits per heavy atom. The molecule has 0 amide bonds. The second kappa shape index (κ2) is 9.30. The van der Waals surface area contributed by atoms with Gasteiger partial charge in [-0.2, -0.15) is 0 Å². The minimum atomic E-state index is -1.62. The Morgan fingerprint density at radius 3 is 2.47 bits per heavy atom. The maximum absolute atomic E-state index is 13.6. The number of benzene rings is 2. The highest BCUT2D eigenvalue weighted by Gasteiger charge is 2.48. The van der Waals surface area contributed by atoms with E-state index in [4.69, 9.17) is 4.74 Å². The Bertz CT molecular complexity index is 1110. The van der Waals surface area contributed by atoms with Crippen molar-refractivity contribution >= 4 is 22.6 Å². The molecule has 0 aromatic heterocycles. The lowest BCUT2D eigenvalue weighted by Crippen LogP contribution is -2.52. The number of hydrogen-bond acceptors (Lipinski definition) is 5. The molecule has 0 radical (unpaired) electrons. The van der Waals surface area contributed by atoms with E-state index in [0.29, 0.717) is 24.0 Å². The molecule has 7 heteroatoms. The molecule has 166 valence electrons. The van der Waals surface area contributed by atoms with Gasteiger partial charge in [0.15, 0.2) is 11.4 Å². The van der Waals surface area contributed by atoms with Gasteiger partial charge in [0.25, 0.3) is 0 Å². The molecule has 1 aliphatic carbocycles. The van der Waals surface area contributed by atoms with Crippen molar-refractivity contribution in [3.63, 3.8) is 0 Å². The second-order valence-electron chi connectivity index (χ2n) is 7.86. The number of hydrogen-bond donors (Lipinski definition) is 1. The predicted molar refractivity (Wildman–Crippen MR) is 121 cm³/mol. The third kappa shape index (κ3) is 4.36. The first-order chi connectivity index (χ1) is 15.4. The summed E-state index contributed by atoms with van der Waals surface area (Å²) in [6.07, 6.45) is 4.08. The predicted octanol–water partition coefficient (Wildman–Crippen LogP) is 3.33. The van der Waals surface area contributed by atoms with Crippen molar-refractivity contribution in [2.45, 2.75) is 31.4 Å². The molecule has 2 aromatic rings. The Kier molecular flexibility index (Phi) is 6.48. The maximum Gasteiger partial charge on any atom is 0.304 e. The fraction of sp³-hybridized carbons (Fsp3) is 0.280. The number of carbonyl (C=O) groups is 2. The van der Waals surface area contributed by atoms with E-state index in [2.05, 4.69) is 5.32 Å². The van der Waals surface area contributed by atoms with E-state index in [9.17, 15) is 18.2 Å². The second-order valence-corrected chi connectivity index (χ2v) is 9.36. The van der Waals surface area contributed by atoms with Crippen molar-refractivity contribution in [2.24, 2.45) is 0 Å². The van der Waals surface area contributed by atoms with Gasteiger partial charge in [0.2, 0.25) is 0 Å². The number of aryl methyl sites for hydroxylation is 1. The summed E-state index contributed by atoms with van der Waals surface area (Å²) in [5.74, 6) is -1.08. The minimum Gasteiger partial charge on any atom is -0.445 e. The molecule has 1 aliphatic heterocycles. The molecule has 1 fully saturated rings. The van der Waals surface area contributed by atoms with Crippen molar-refractivity contribution in [2.75, 3.05) is 12.3 Å². The van der Waals surface area contributed by atoms with E-state index in [1.807, 2.05) is 30.3 Å². The monoisotopic (exact) mass is 453 g/mol. The fourth-order valence-corrected chi connectivity index (χ4v) is 5.58. The largest absolute Gasteiger partial charge is 0.445 e. The standard InChI is InChI=1S/C25H24FNO4S/c1-17(28)31-25(19-7-9-20(26)10-8-19)14-11-22(29)24(23(25)21-12-15-27-21)32(30)16-13-18-5-3-2-4-6-18/h2-11,14,21,27H,12-13,15-16H2,1H3. The molecule has 2 aliphatic rings. The van der Waals surface area contributed by atoms with Gasteiger partial charge in [0, 0.05) is 29.9 Å². The van der Waals surface area contributed by atoms with E-state index in [1.165, 1.54) is 43.3 Å². The van der Waals surface area contributed by atoms with Crippen molar-refractivity contribution in [3.8, 4) is 0 Å². The molecule has 1 heterocycles. The van der Waals surface area contributed by atoms with Gasteiger partial charge >= 0.3 is 5.97 Å². The number of carbonyl (C=O) groups excluding carboxylic acids is 2. The van der Waals surface area contributed by atoms with Crippen molar-refractivity contribution in [1.82, 2.24) is 5.32 Å². The van der Waals surface area contributed by atoms with Crippen LogP contribution < -0.4 is 5.32 Å². The molecule has 2 aromatic carbocycles. The average Bonchev–Trinajstić information content (AvgIpc) is 2.74. The zero-order valence-electron chi connectivity index (χ0n) is 17.7. The van der Waals surface area contributed by atoms with Gasteiger partial charge in [-0.05, 0) is 49.2 Å². The van der Waals surface area contributed by atoms with Gasteiger partial charge < -0.3 is 10.1 Å². The molecule has 4 rings (SSSR count). The smallest absolute Gasteiger partial charge is 0.304 e. The van der Waals surface area contributed by atoms with Gasteiger partial charge in [-0.3, -0.25) is 13.8 Å². The number of halogens is 1. The summed E-state index contributed by atoms with van der Waals surface area (Å²) in [5.41, 5.74) is 0.570. The molecule has 0 bridgehead atoms. The first kappa shape index (κ1) is 22.3. The van der Waals surface area contributed by atoms with Crippen molar-refractivity contribution < 1.29 is 22.9 Å². The lowest BCUT2D eigenvalue weighted by Gasteiger charge is -2.43. The van der Waals surface area contributed by atoms with Gasteiger partial charge in [0.05, 0.1) is 15.7 Å². The summed E-state index contributed by atoms with van der Waals surface area (Å²) in [4.78, 5) is 25.3. The highest BCUT2D eigenvalue weighted by molar-refractivity contribution is 7.90. The van der Waals surface area contributed by atoms with E-state index in [-0.39, 0.29) is 22.5 Å². The van der Waals surface area contributed by atoms with Gasteiger partial charge in [-0.15, -0.1) is 0 Å². The van der Waals surface area contributed by atoms with E-state index >= 15 is 0 Å². The summed E-state index contributed by atoms with van der Waals surface area (Å²) in [7, 11) is -1.62. The summed E-state index contributed by atoms with van der Waals surface area (Å²) >= 11 is 0. The zero-order valence-corrected chi connectivity index (χ0v) is 18.5. The number of esters is 1. The maximum atomic E-state index is 13.6. The Hall–Kier alpha value is -2.90. The normalized spacial score (nSPS) is 23.6. The SMILES string of the molecule is CC(=O)OC1(c2ccc(F)cc2)C=CC(=O)C(S(=O)CCc2ccccc2)=C1C1CCN1. The minimum absolute atomic E-state index is 0.159. The summed E-state index contributed by atoms with van der Waals surface area (Å²) < 4.78 is 32.9. The first-order valence-corrected chi connectivity index (χ1v) is 11.8. The third-order valence-corrected chi connectivity index (χ3v) is 7.19. The summed E-state index contributed by atoms with van der Waals surface area (Å²) in [6.45, 7) is 2.02. The highest BCUT2D eigenvalue weighted by atomic mass is 32.2. The molecular formula is C25H24FNO4S. The van der Waals surface area contributed by atoms with E-state index in [1.54, 1.807) is 0 Å². The van der Waals surface area contributed by atoms with Gasteiger partial charge in [-0.1, -0.05) is 42.5 Å². The number of ether oxygens (including phenoxy) is 1. The molecule has 5 nitrogen and oxygen atoms in total. The molecule has 1 saturated heterocycles. The highest BCUT2D eigenvalue weighted by Crippen LogP contribution is 2.44. The number of nitrogens with one attached hydrogen (secondary N) is 1. The van der Waals surface area contributed by atoms with Crippen LogP contribution in [0.4, 0.5) is 4.39 Å². The Balaban J connectivity index is 1.81. The number of rotatable bonds is 7. The lowest BCUT2D eigenvalue weighted by atomic mass is 9.75. The van der Waals surface area contributed by atoms with Crippen LogP contribution in [0.3, 0.4) is 0 Å². The third-order valence-electron chi connectivity index (χ3n) is 5.73. The topological polar surface area (TPSA) is 72.5 Å². The quantitative estimate of drug-likeness (QED) is 0.651. The van der Waals surface area contributed by atoms with E-state index in [0.717, 1.165) is 12.1 Å². The van der Waals surface area contributed by atoms with Crippen LogP contribution >= 0.6 is 0 Å². The molecule has 3 unspecified atom stereocenters. The molecular weight excluding hydrogens is 429 g/mol. The zero-order chi connectivity index (χ0) is 22.7. The molecule has 32 heavy (non-hydrogen) atoms.